The minimum atomic E-state index is -0.746. The average Bonchev–Trinajstić information content (AvgIpc) is 3.11. The molecule has 3 aromatic rings. The zero-order valence-corrected chi connectivity index (χ0v) is 20.9. The number of thiophene rings is 1. The van der Waals surface area contributed by atoms with Crippen LogP contribution in [0.3, 0.4) is 0 Å². The second-order valence-corrected chi connectivity index (χ2v) is 10.8. The lowest BCUT2D eigenvalue weighted by Crippen LogP contribution is -2.39. The van der Waals surface area contributed by atoms with Gasteiger partial charge < -0.3 is 16.2 Å². The highest BCUT2D eigenvalue weighted by atomic mass is 32.1. The number of aliphatic carboxylic acids is 1. The first-order valence-corrected chi connectivity index (χ1v) is 12.8. The molecule has 0 bridgehead atoms. The monoisotopic (exact) mass is 494 g/mol. The smallest absolute Gasteiger partial charge is 0.306 e. The summed E-state index contributed by atoms with van der Waals surface area (Å²) >= 11 is 1.62. The Balaban J connectivity index is 1.49. The minimum Gasteiger partial charge on any atom is -0.481 e. The summed E-state index contributed by atoms with van der Waals surface area (Å²) in [5.41, 5.74) is 11.0. The van der Waals surface area contributed by atoms with E-state index in [1.54, 1.807) is 11.3 Å². The maximum absolute atomic E-state index is 13.9. The summed E-state index contributed by atoms with van der Waals surface area (Å²) in [7, 11) is 0. The molecule has 7 heteroatoms. The molecule has 1 saturated carbocycles. The van der Waals surface area contributed by atoms with Crippen LogP contribution in [0.15, 0.2) is 42.5 Å². The average molecular weight is 495 g/mol. The van der Waals surface area contributed by atoms with Crippen LogP contribution in [-0.4, -0.2) is 23.0 Å². The summed E-state index contributed by atoms with van der Waals surface area (Å²) in [6, 6.07) is 12.8. The molecule has 0 aliphatic heterocycles. The largest absolute Gasteiger partial charge is 0.481 e. The van der Waals surface area contributed by atoms with Crippen LogP contribution in [0.25, 0.3) is 11.1 Å². The fourth-order valence-corrected chi connectivity index (χ4v) is 6.01. The number of halogens is 1. The lowest BCUT2D eigenvalue weighted by Gasteiger charge is -2.27. The van der Waals surface area contributed by atoms with Crippen molar-refractivity contribution < 1.29 is 19.1 Å². The fraction of sp³-hybridized carbons (Fsp3) is 0.357. The van der Waals surface area contributed by atoms with Crippen molar-refractivity contribution in [2.75, 3.05) is 0 Å². The third-order valence-corrected chi connectivity index (χ3v) is 7.95. The van der Waals surface area contributed by atoms with Crippen molar-refractivity contribution in [3.05, 3.63) is 80.3 Å². The zero-order chi connectivity index (χ0) is 25.1. The van der Waals surface area contributed by atoms with Crippen LogP contribution >= 0.6 is 11.3 Å². The molecule has 184 valence electrons. The Labute approximate surface area is 209 Å². The molecule has 4 rings (SSSR count). The fourth-order valence-electron chi connectivity index (χ4n) is 4.94. The molecule has 1 heterocycles. The third kappa shape index (κ3) is 5.80. The van der Waals surface area contributed by atoms with E-state index in [0.29, 0.717) is 32.1 Å². The van der Waals surface area contributed by atoms with Gasteiger partial charge in [0.15, 0.2) is 0 Å². The van der Waals surface area contributed by atoms with Gasteiger partial charge in [0.1, 0.15) is 5.82 Å². The normalized spacial score (nSPS) is 17.8. The number of carbonyl (C=O) groups is 2. The molecule has 5 nitrogen and oxygen atoms in total. The van der Waals surface area contributed by atoms with Gasteiger partial charge in [-0.25, -0.2) is 4.39 Å². The van der Waals surface area contributed by atoms with Crippen LogP contribution in [0.5, 0.6) is 0 Å². The van der Waals surface area contributed by atoms with Gasteiger partial charge in [-0.3, -0.25) is 9.59 Å². The third-order valence-electron chi connectivity index (χ3n) is 6.89. The molecule has 2 aromatic carbocycles. The molecule has 1 aliphatic rings. The lowest BCUT2D eigenvalue weighted by atomic mass is 9.86. The molecule has 0 saturated heterocycles. The van der Waals surface area contributed by atoms with Crippen molar-refractivity contribution in [1.82, 2.24) is 5.32 Å². The predicted octanol–water partition coefficient (Wildman–Crippen LogP) is 5.59. The summed E-state index contributed by atoms with van der Waals surface area (Å²) in [5, 5.41) is 12.4. The molecule has 1 amide bonds. The van der Waals surface area contributed by atoms with Crippen molar-refractivity contribution in [3.8, 4) is 11.1 Å². The van der Waals surface area contributed by atoms with Gasteiger partial charge in [-0.1, -0.05) is 24.3 Å². The molecule has 1 aliphatic carbocycles. The molecule has 1 fully saturated rings. The molecular formula is C28H31FN2O3S. The Morgan fingerprint density at radius 1 is 1.00 bits per heavy atom. The van der Waals surface area contributed by atoms with E-state index >= 15 is 0 Å². The standard InChI is InChI=1S/C28H31FN2O3S/c1-16-25(13-18-3-5-20(6-4-18)22-11-19(15-30)12-23(29)14-22)26(17(2)35-16)27(32)31-24-9-7-21(8-10-24)28(33)34/h3-6,11-12,14,21,24H,7-10,13,15,30H2,1-2H3,(H,31,32)(H,33,34). The number of amides is 1. The first-order valence-electron chi connectivity index (χ1n) is 12.0. The summed E-state index contributed by atoms with van der Waals surface area (Å²) in [5.74, 6) is -1.43. The number of carbonyl (C=O) groups excluding carboxylic acids is 1. The topological polar surface area (TPSA) is 92.4 Å². The molecule has 35 heavy (non-hydrogen) atoms. The van der Waals surface area contributed by atoms with Gasteiger partial charge >= 0.3 is 5.97 Å². The SMILES string of the molecule is Cc1sc(C)c(C(=O)NC2CCC(C(=O)O)CC2)c1Cc1ccc(-c2cc(F)cc(CN)c2)cc1. The summed E-state index contributed by atoms with van der Waals surface area (Å²) < 4.78 is 13.9. The van der Waals surface area contributed by atoms with Crippen molar-refractivity contribution in [3.63, 3.8) is 0 Å². The number of nitrogens with one attached hydrogen (secondary N) is 1. The maximum Gasteiger partial charge on any atom is 0.306 e. The van der Waals surface area contributed by atoms with Crippen LogP contribution in [-0.2, 0) is 17.8 Å². The number of rotatable bonds is 7. The highest BCUT2D eigenvalue weighted by Crippen LogP contribution is 2.31. The van der Waals surface area contributed by atoms with Crippen LogP contribution in [0.2, 0.25) is 0 Å². The van der Waals surface area contributed by atoms with E-state index in [4.69, 9.17) is 5.73 Å². The summed E-state index contributed by atoms with van der Waals surface area (Å²) in [6.45, 7) is 4.29. The minimum absolute atomic E-state index is 0.00881. The van der Waals surface area contributed by atoms with Crippen molar-refractivity contribution in [2.24, 2.45) is 11.7 Å². The van der Waals surface area contributed by atoms with Crippen molar-refractivity contribution >= 4 is 23.2 Å². The van der Waals surface area contributed by atoms with Gasteiger partial charge in [0.2, 0.25) is 0 Å². The highest BCUT2D eigenvalue weighted by Gasteiger charge is 2.28. The Morgan fingerprint density at radius 3 is 2.31 bits per heavy atom. The van der Waals surface area contributed by atoms with Gasteiger partial charge in [-0.2, -0.15) is 0 Å². The summed E-state index contributed by atoms with van der Waals surface area (Å²) in [4.78, 5) is 26.5. The van der Waals surface area contributed by atoms with Gasteiger partial charge in [0, 0.05) is 22.3 Å². The van der Waals surface area contributed by atoms with Gasteiger partial charge in [-0.05, 0) is 92.0 Å². The molecule has 0 radical (unpaired) electrons. The lowest BCUT2D eigenvalue weighted by molar-refractivity contribution is -0.142. The summed E-state index contributed by atoms with van der Waals surface area (Å²) in [6.07, 6.45) is 3.20. The number of carboxylic acid groups (broad SMARTS) is 1. The highest BCUT2D eigenvalue weighted by molar-refractivity contribution is 7.12. The number of benzene rings is 2. The second kappa shape index (κ2) is 10.7. The Morgan fingerprint density at radius 2 is 1.69 bits per heavy atom. The van der Waals surface area contributed by atoms with Crippen LogP contribution < -0.4 is 11.1 Å². The molecule has 0 unspecified atom stereocenters. The maximum atomic E-state index is 13.9. The zero-order valence-electron chi connectivity index (χ0n) is 20.1. The second-order valence-electron chi connectivity index (χ2n) is 9.35. The van der Waals surface area contributed by atoms with E-state index in [-0.39, 0.29) is 30.2 Å². The van der Waals surface area contributed by atoms with E-state index in [2.05, 4.69) is 5.32 Å². The Hall–Kier alpha value is -3.03. The quantitative estimate of drug-likeness (QED) is 0.399. The van der Waals surface area contributed by atoms with Gasteiger partial charge in [0.05, 0.1) is 11.5 Å². The Kier molecular flexibility index (Phi) is 7.67. The van der Waals surface area contributed by atoms with E-state index in [0.717, 1.165) is 43.1 Å². The predicted molar refractivity (Wildman–Crippen MR) is 137 cm³/mol. The first kappa shape index (κ1) is 25.1. The van der Waals surface area contributed by atoms with Crippen molar-refractivity contribution in [2.45, 2.75) is 58.5 Å². The van der Waals surface area contributed by atoms with E-state index < -0.39 is 5.97 Å². The molecule has 4 N–H and O–H groups in total. The first-order chi connectivity index (χ1) is 16.7. The van der Waals surface area contributed by atoms with Crippen LogP contribution in [0.1, 0.15) is 62.5 Å². The number of nitrogens with two attached hydrogens (primary N) is 1. The molecular weight excluding hydrogens is 463 g/mol. The van der Waals surface area contributed by atoms with Gasteiger partial charge in [0.25, 0.3) is 5.91 Å². The molecule has 0 atom stereocenters. The molecule has 1 aromatic heterocycles. The van der Waals surface area contributed by atoms with E-state index in [1.165, 1.54) is 12.1 Å². The van der Waals surface area contributed by atoms with E-state index in [9.17, 15) is 19.1 Å². The number of carboxylic acids is 1. The molecule has 0 spiro atoms. The van der Waals surface area contributed by atoms with Crippen LogP contribution in [0, 0.1) is 25.6 Å². The van der Waals surface area contributed by atoms with Crippen LogP contribution in [0.4, 0.5) is 4.39 Å². The van der Waals surface area contributed by atoms with Gasteiger partial charge in [-0.15, -0.1) is 11.3 Å². The van der Waals surface area contributed by atoms with Crippen molar-refractivity contribution in [1.29, 1.82) is 0 Å². The Bertz CT molecular complexity index is 1230. The van der Waals surface area contributed by atoms with E-state index in [1.807, 2.05) is 44.2 Å². The number of hydrogen-bond acceptors (Lipinski definition) is 4. The number of hydrogen-bond donors (Lipinski definition) is 3. The number of aryl methyl sites for hydroxylation is 2.